The highest BCUT2D eigenvalue weighted by atomic mass is 32.1. The number of nitrogens with zero attached hydrogens (tertiary/aromatic N) is 3. The fourth-order valence-corrected chi connectivity index (χ4v) is 3.07. The molecule has 0 unspecified atom stereocenters. The number of halogens is 2. The van der Waals surface area contributed by atoms with Crippen LogP contribution in [0.2, 0.25) is 0 Å². The van der Waals surface area contributed by atoms with E-state index in [9.17, 15) is 13.6 Å². The van der Waals surface area contributed by atoms with Crippen molar-refractivity contribution in [2.75, 3.05) is 0 Å². The van der Waals surface area contributed by atoms with Crippen molar-refractivity contribution in [3.63, 3.8) is 0 Å². The molecule has 0 aliphatic carbocycles. The predicted molar refractivity (Wildman–Crippen MR) is 104 cm³/mol. The van der Waals surface area contributed by atoms with Crippen molar-refractivity contribution in [1.29, 1.82) is 0 Å². The fraction of sp³-hybridized carbons (Fsp3) is 0.0500. The van der Waals surface area contributed by atoms with E-state index in [2.05, 4.69) is 22.6 Å². The van der Waals surface area contributed by atoms with E-state index in [4.69, 9.17) is 4.74 Å². The van der Waals surface area contributed by atoms with Crippen LogP contribution < -0.4 is 10.3 Å². The lowest BCUT2D eigenvalue weighted by atomic mass is 10.0. The predicted octanol–water partition coefficient (Wildman–Crippen LogP) is 4.35. The number of benzene rings is 2. The molecule has 2 aromatic carbocycles. The lowest BCUT2D eigenvalue weighted by Crippen LogP contribution is -2.16. The van der Waals surface area contributed by atoms with Crippen LogP contribution in [0.15, 0.2) is 64.8 Å². The van der Waals surface area contributed by atoms with Gasteiger partial charge in [-0.3, -0.25) is 4.79 Å². The molecular formula is C20H13F2N3O2S. The van der Waals surface area contributed by atoms with Crippen molar-refractivity contribution < 1.29 is 13.5 Å². The van der Waals surface area contributed by atoms with Crippen molar-refractivity contribution in [2.45, 2.75) is 5.16 Å². The van der Waals surface area contributed by atoms with Crippen LogP contribution in [0.1, 0.15) is 0 Å². The number of fused-ring (bicyclic) bond motifs is 1. The molecule has 2 heterocycles. The molecule has 2 aromatic heterocycles. The maximum Gasteiger partial charge on any atom is 0.258 e. The molecule has 0 spiro atoms. The summed E-state index contributed by atoms with van der Waals surface area (Å²) in [7, 11) is 1.63. The Balaban J connectivity index is 1.94. The summed E-state index contributed by atoms with van der Waals surface area (Å²) in [5, 5.41) is 1.34. The number of hydrogen-bond donors (Lipinski definition) is 1. The van der Waals surface area contributed by atoms with Gasteiger partial charge in [-0.25, -0.2) is 18.7 Å². The van der Waals surface area contributed by atoms with Crippen molar-refractivity contribution in [3.8, 4) is 22.8 Å². The first-order valence-corrected chi connectivity index (χ1v) is 8.66. The lowest BCUT2D eigenvalue weighted by Gasteiger charge is -2.14. The summed E-state index contributed by atoms with van der Waals surface area (Å²) < 4.78 is 34.3. The molecule has 0 aliphatic rings. The van der Waals surface area contributed by atoms with E-state index in [-0.39, 0.29) is 22.2 Å². The summed E-state index contributed by atoms with van der Waals surface area (Å²) in [6.07, 6.45) is 2.97. The Morgan fingerprint density at radius 1 is 1.07 bits per heavy atom. The SMILES string of the molecule is Cn1cc(-c2nc(S)ncc2Oc2ccc(F)cc2F)c2ccccc2c1=O. The van der Waals surface area contributed by atoms with Gasteiger partial charge in [0.15, 0.2) is 22.5 Å². The largest absolute Gasteiger partial charge is 0.450 e. The number of ether oxygens (including phenoxy) is 1. The van der Waals surface area contributed by atoms with Gasteiger partial charge in [-0.05, 0) is 23.6 Å². The molecule has 0 saturated heterocycles. The van der Waals surface area contributed by atoms with Crippen LogP contribution in [-0.2, 0) is 7.05 Å². The minimum Gasteiger partial charge on any atom is -0.450 e. The third-order valence-electron chi connectivity index (χ3n) is 4.20. The van der Waals surface area contributed by atoms with Crippen LogP contribution in [0.5, 0.6) is 11.5 Å². The zero-order valence-electron chi connectivity index (χ0n) is 14.6. The second-order valence-electron chi connectivity index (χ2n) is 6.06. The molecule has 4 aromatic rings. The molecule has 0 atom stereocenters. The summed E-state index contributed by atoms with van der Waals surface area (Å²) in [5.74, 6) is -1.60. The van der Waals surface area contributed by atoms with E-state index < -0.39 is 11.6 Å². The average Bonchev–Trinajstić information content (AvgIpc) is 2.68. The van der Waals surface area contributed by atoms with E-state index in [0.29, 0.717) is 22.0 Å². The van der Waals surface area contributed by atoms with Crippen molar-refractivity contribution >= 4 is 23.4 Å². The topological polar surface area (TPSA) is 57.0 Å². The zero-order valence-corrected chi connectivity index (χ0v) is 15.5. The maximum absolute atomic E-state index is 14.1. The minimum atomic E-state index is -0.855. The Morgan fingerprint density at radius 2 is 1.82 bits per heavy atom. The van der Waals surface area contributed by atoms with E-state index in [0.717, 1.165) is 12.1 Å². The number of aromatic nitrogens is 3. The second-order valence-corrected chi connectivity index (χ2v) is 6.46. The summed E-state index contributed by atoms with van der Waals surface area (Å²) >= 11 is 4.18. The summed E-state index contributed by atoms with van der Waals surface area (Å²) in [5.41, 5.74) is 0.759. The molecule has 0 aliphatic heterocycles. The maximum atomic E-state index is 14.1. The van der Waals surface area contributed by atoms with Crippen LogP contribution in [0.4, 0.5) is 8.78 Å². The van der Waals surface area contributed by atoms with E-state index >= 15 is 0 Å². The summed E-state index contributed by atoms with van der Waals surface area (Å²) in [6.45, 7) is 0. The third kappa shape index (κ3) is 3.22. The molecule has 28 heavy (non-hydrogen) atoms. The van der Waals surface area contributed by atoms with E-state index in [1.54, 1.807) is 37.5 Å². The van der Waals surface area contributed by atoms with Crippen LogP contribution >= 0.6 is 12.6 Å². The Bertz CT molecular complexity index is 1270. The van der Waals surface area contributed by atoms with Gasteiger partial charge in [-0.1, -0.05) is 18.2 Å². The molecule has 8 heteroatoms. The zero-order chi connectivity index (χ0) is 19.8. The highest BCUT2D eigenvalue weighted by molar-refractivity contribution is 7.80. The summed E-state index contributed by atoms with van der Waals surface area (Å²) in [6, 6.07) is 10.1. The smallest absolute Gasteiger partial charge is 0.258 e. The van der Waals surface area contributed by atoms with Gasteiger partial charge in [0.2, 0.25) is 0 Å². The van der Waals surface area contributed by atoms with Gasteiger partial charge >= 0.3 is 0 Å². The van der Waals surface area contributed by atoms with Gasteiger partial charge in [0.05, 0.1) is 6.20 Å². The second kappa shape index (κ2) is 7.05. The molecule has 4 rings (SSSR count). The monoisotopic (exact) mass is 397 g/mol. The first kappa shape index (κ1) is 18.1. The van der Waals surface area contributed by atoms with Crippen LogP contribution in [0.3, 0.4) is 0 Å². The Hall–Kier alpha value is -3.26. The first-order valence-electron chi connectivity index (χ1n) is 8.21. The molecular weight excluding hydrogens is 384 g/mol. The molecule has 0 N–H and O–H groups in total. The minimum absolute atomic E-state index is 0.145. The van der Waals surface area contributed by atoms with Gasteiger partial charge in [0.25, 0.3) is 5.56 Å². The molecule has 0 bridgehead atoms. The van der Waals surface area contributed by atoms with E-state index in [1.165, 1.54) is 16.8 Å². The Morgan fingerprint density at radius 3 is 2.57 bits per heavy atom. The van der Waals surface area contributed by atoms with Crippen molar-refractivity contribution in [3.05, 3.63) is 76.8 Å². The quantitative estimate of drug-likeness (QED) is 0.412. The molecule has 0 amide bonds. The van der Waals surface area contributed by atoms with Crippen molar-refractivity contribution in [1.82, 2.24) is 14.5 Å². The molecule has 0 radical (unpaired) electrons. The fourth-order valence-electron chi connectivity index (χ4n) is 2.91. The number of hydrogen-bond acceptors (Lipinski definition) is 5. The van der Waals surface area contributed by atoms with Gasteiger partial charge in [0, 0.05) is 30.3 Å². The Kier molecular flexibility index (Phi) is 4.56. The number of rotatable bonds is 3. The van der Waals surface area contributed by atoms with Gasteiger partial charge in [0.1, 0.15) is 11.5 Å². The third-order valence-corrected chi connectivity index (χ3v) is 4.42. The highest BCUT2D eigenvalue weighted by Gasteiger charge is 2.17. The van der Waals surface area contributed by atoms with Gasteiger partial charge < -0.3 is 9.30 Å². The van der Waals surface area contributed by atoms with Crippen molar-refractivity contribution in [2.24, 2.45) is 7.05 Å². The summed E-state index contributed by atoms with van der Waals surface area (Å²) in [4.78, 5) is 20.7. The average molecular weight is 397 g/mol. The van der Waals surface area contributed by atoms with Crippen LogP contribution in [0.25, 0.3) is 22.0 Å². The van der Waals surface area contributed by atoms with Gasteiger partial charge in [-0.15, -0.1) is 12.6 Å². The first-order chi connectivity index (χ1) is 13.4. The van der Waals surface area contributed by atoms with Crippen LogP contribution in [0, 0.1) is 11.6 Å². The standard InChI is InChI=1S/C20H13F2N3O2S/c1-25-10-14(12-4-2-3-5-13(12)19(25)26)18-17(9-23-20(28)24-18)27-16-7-6-11(21)8-15(16)22/h2-10H,1H3,(H,23,24,28). The molecule has 140 valence electrons. The molecule has 5 nitrogen and oxygen atoms in total. The van der Waals surface area contributed by atoms with Crippen LogP contribution in [-0.4, -0.2) is 14.5 Å². The Labute approximate surface area is 163 Å². The molecule has 0 fully saturated rings. The molecule has 0 saturated carbocycles. The number of thiol groups is 1. The number of aryl methyl sites for hydroxylation is 1. The number of pyridine rings is 1. The lowest BCUT2D eigenvalue weighted by molar-refractivity contribution is 0.434. The highest BCUT2D eigenvalue weighted by Crippen LogP contribution is 2.35. The van der Waals surface area contributed by atoms with E-state index in [1.807, 2.05) is 0 Å². The van der Waals surface area contributed by atoms with Gasteiger partial charge in [-0.2, -0.15) is 0 Å². The normalized spacial score (nSPS) is 11.0.